The lowest BCUT2D eigenvalue weighted by Gasteiger charge is -2.33. The zero-order valence-corrected chi connectivity index (χ0v) is 15.7. The number of carbonyl (C=O) groups excluding carboxylic acids is 3. The van der Waals surface area contributed by atoms with E-state index in [1.165, 1.54) is 0 Å². The van der Waals surface area contributed by atoms with Crippen molar-refractivity contribution < 1.29 is 32.3 Å². The Bertz CT molecular complexity index is 684. The van der Waals surface area contributed by atoms with Gasteiger partial charge in [0.25, 0.3) is 0 Å². The third-order valence-electron chi connectivity index (χ3n) is 4.82. The van der Waals surface area contributed by atoms with Crippen LogP contribution in [0.2, 0.25) is 0 Å². The number of benzene rings is 1. The molecule has 0 radical (unpaired) electrons. The van der Waals surface area contributed by atoms with Crippen LogP contribution in [0.4, 0.5) is 13.2 Å². The molecule has 1 fully saturated rings. The van der Waals surface area contributed by atoms with E-state index in [1.807, 2.05) is 0 Å². The largest absolute Gasteiger partial charge is 0.461 e. The van der Waals surface area contributed by atoms with E-state index >= 15 is 0 Å². The minimum Gasteiger partial charge on any atom is -0.461 e. The zero-order valence-electron chi connectivity index (χ0n) is 15.7. The van der Waals surface area contributed by atoms with Gasteiger partial charge >= 0.3 is 12.1 Å². The van der Waals surface area contributed by atoms with Gasteiger partial charge in [0.1, 0.15) is 12.6 Å². The number of ether oxygens (including phenoxy) is 1. The molecule has 28 heavy (non-hydrogen) atoms. The second-order valence-electron chi connectivity index (χ2n) is 6.97. The Balaban J connectivity index is 2.11. The van der Waals surface area contributed by atoms with Gasteiger partial charge in [0.2, 0.25) is 11.8 Å². The van der Waals surface area contributed by atoms with Crippen molar-refractivity contribution in [1.82, 2.24) is 4.90 Å². The SMILES string of the molecule is CC(=O)N(C(=O)C1CCCCC1)C(CC(=O)OCc1ccccc1)C(F)(F)F. The van der Waals surface area contributed by atoms with Crippen molar-refractivity contribution in [3.05, 3.63) is 35.9 Å². The first-order valence-electron chi connectivity index (χ1n) is 9.30. The average Bonchev–Trinajstić information content (AvgIpc) is 2.66. The van der Waals surface area contributed by atoms with Crippen LogP contribution in [-0.4, -0.2) is 34.9 Å². The number of esters is 1. The molecule has 0 bridgehead atoms. The second kappa shape index (κ2) is 9.71. The van der Waals surface area contributed by atoms with Gasteiger partial charge in [-0.05, 0) is 18.4 Å². The van der Waals surface area contributed by atoms with Crippen LogP contribution in [0.1, 0.15) is 51.0 Å². The molecule has 1 saturated carbocycles. The number of hydrogen-bond acceptors (Lipinski definition) is 4. The molecule has 1 aliphatic rings. The van der Waals surface area contributed by atoms with E-state index in [1.54, 1.807) is 30.3 Å². The number of rotatable bonds is 6. The van der Waals surface area contributed by atoms with Crippen LogP contribution in [0.25, 0.3) is 0 Å². The molecule has 8 heteroatoms. The van der Waals surface area contributed by atoms with Crippen LogP contribution in [0.5, 0.6) is 0 Å². The maximum Gasteiger partial charge on any atom is 0.409 e. The Morgan fingerprint density at radius 2 is 1.71 bits per heavy atom. The Morgan fingerprint density at radius 3 is 2.25 bits per heavy atom. The third kappa shape index (κ3) is 6.07. The highest BCUT2D eigenvalue weighted by Gasteiger charge is 2.49. The summed E-state index contributed by atoms with van der Waals surface area (Å²) in [5.74, 6) is -3.61. The van der Waals surface area contributed by atoms with E-state index in [9.17, 15) is 27.6 Å². The highest BCUT2D eigenvalue weighted by atomic mass is 19.4. The molecule has 1 unspecified atom stereocenters. The highest BCUT2D eigenvalue weighted by molar-refractivity contribution is 5.96. The summed E-state index contributed by atoms with van der Waals surface area (Å²) in [4.78, 5) is 36.8. The number of halogens is 3. The summed E-state index contributed by atoms with van der Waals surface area (Å²) in [6.45, 7) is 0.732. The molecule has 0 aromatic heterocycles. The second-order valence-corrected chi connectivity index (χ2v) is 6.97. The molecule has 0 spiro atoms. The summed E-state index contributed by atoms with van der Waals surface area (Å²) in [6, 6.07) is 5.99. The van der Waals surface area contributed by atoms with Gasteiger partial charge in [-0.25, -0.2) is 0 Å². The fourth-order valence-electron chi connectivity index (χ4n) is 3.38. The van der Waals surface area contributed by atoms with Gasteiger partial charge in [-0.2, -0.15) is 13.2 Å². The molecule has 0 aliphatic heterocycles. The van der Waals surface area contributed by atoms with Gasteiger partial charge in [0, 0.05) is 12.8 Å². The minimum atomic E-state index is -4.93. The van der Waals surface area contributed by atoms with Crippen molar-refractivity contribution in [2.24, 2.45) is 5.92 Å². The highest BCUT2D eigenvalue weighted by Crippen LogP contribution is 2.32. The number of amides is 2. The fourth-order valence-corrected chi connectivity index (χ4v) is 3.38. The van der Waals surface area contributed by atoms with E-state index in [0.29, 0.717) is 18.4 Å². The van der Waals surface area contributed by atoms with Crippen molar-refractivity contribution in [1.29, 1.82) is 0 Å². The summed E-state index contributed by atoms with van der Waals surface area (Å²) >= 11 is 0. The molecular formula is C20H24F3NO4. The molecule has 1 atom stereocenters. The summed E-state index contributed by atoms with van der Waals surface area (Å²) in [5, 5.41) is 0. The predicted molar refractivity (Wildman–Crippen MR) is 94.8 cm³/mol. The normalized spacial score (nSPS) is 16.3. The van der Waals surface area contributed by atoms with E-state index in [4.69, 9.17) is 4.74 Å². The van der Waals surface area contributed by atoms with Crippen LogP contribution < -0.4 is 0 Å². The number of nitrogens with zero attached hydrogens (tertiary/aromatic N) is 1. The number of imide groups is 1. The van der Waals surface area contributed by atoms with Crippen LogP contribution >= 0.6 is 0 Å². The average molecular weight is 399 g/mol. The quantitative estimate of drug-likeness (QED) is 0.678. The summed E-state index contributed by atoms with van der Waals surface area (Å²) < 4.78 is 45.8. The number of hydrogen-bond donors (Lipinski definition) is 0. The van der Waals surface area contributed by atoms with Crippen molar-refractivity contribution in [2.45, 2.75) is 64.3 Å². The van der Waals surface area contributed by atoms with E-state index in [2.05, 4.69) is 0 Å². The van der Waals surface area contributed by atoms with Gasteiger partial charge in [-0.3, -0.25) is 19.3 Å². The first kappa shape index (κ1) is 21.9. The monoisotopic (exact) mass is 399 g/mol. The molecule has 154 valence electrons. The zero-order chi connectivity index (χ0) is 20.7. The maximum absolute atomic E-state index is 13.6. The molecule has 2 amide bonds. The topological polar surface area (TPSA) is 63.7 Å². The van der Waals surface area contributed by atoms with E-state index in [-0.39, 0.29) is 11.5 Å². The molecule has 0 N–H and O–H groups in total. The lowest BCUT2D eigenvalue weighted by atomic mass is 9.87. The Hall–Kier alpha value is -2.38. The van der Waals surface area contributed by atoms with Crippen LogP contribution in [0.15, 0.2) is 30.3 Å². The summed E-state index contributed by atoms with van der Waals surface area (Å²) in [7, 11) is 0. The molecule has 2 rings (SSSR count). The Kier molecular flexibility index (Phi) is 7.60. The standard InChI is InChI=1S/C20H24F3NO4/c1-14(25)24(19(27)16-10-6-3-7-11-16)17(20(21,22)23)12-18(26)28-13-15-8-4-2-5-9-15/h2,4-5,8-9,16-17H,3,6-7,10-13H2,1H3. The van der Waals surface area contributed by atoms with Gasteiger partial charge < -0.3 is 4.74 Å². The van der Waals surface area contributed by atoms with Crippen molar-refractivity contribution in [3.63, 3.8) is 0 Å². The molecule has 0 saturated heterocycles. The molecule has 1 aliphatic carbocycles. The first-order valence-corrected chi connectivity index (χ1v) is 9.30. The van der Waals surface area contributed by atoms with Crippen molar-refractivity contribution in [3.8, 4) is 0 Å². The van der Waals surface area contributed by atoms with Crippen molar-refractivity contribution >= 4 is 17.8 Å². The van der Waals surface area contributed by atoms with Gasteiger partial charge in [-0.1, -0.05) is 49.6 Å². The number of carbonyl (C=O) groups is 3. The first-order chi connectivity index (χ1) is 13.2. The molecular weight excluding hydrogens is 375 g/mol. The summed E-state index contributed by atoms with van der Waals surface area (Å²) in [5.41, 5.74) is 0.626. The van der Waals surface area contributed by atoms with Gasteiger partial charge in [0.05, 0.1) is 6.42 Å². The van der Waals surface area contributed by atoms with Crippen LogP contribution in [0.3, 0.4) is 0 Å². The molecule has 5 nitrogen and oxygen atoms in total. The van der Waals surface area contributed by atoms with E-state index in [0.717, 1.165) is 26.2 Å². The lowest BCUT2D eigenvalue weighted by Crippen LogP contribution is -2.54. The maximum atomic E-state index is 13.6. The fraction of sp³-hybridized carbons (Fsp3) is 0.550. The smallest absolute Gasteiger partial charge is 0.409 e. The van der Waals surface area contributed by atoms with Gasteiger partial charge in [-0.15, -0.1) is 0 Å². The molecule has 1 aromatic rings. The predicted octanol–water partition coefficient (Wildman–Crippen LogP) is 4.01. The number of alkyl halides is 3. The van der Waals surface area contributed by atoms with Gasteiger partial charge in [0.15, 0.2) is 0 Å². The van der Waals surface area contributed by atoms with E-state index < -0.39 is 42.3 Å². The van der Waals surface area contributed by atoms with Crippen molar-refractivity contribution in [2.75, 3.05) is 0 Å². The van der Waals surface area contributed by atoms with Crippen LogP contribution in [-0.2, 0) is 25.7 Å². The molecule has 0 heterocycles. The summed E-state index contributed by atoms with van der Waals surface area (Å²) in [6.07, 6.45) is -2.76. The Morgan fingerprint density at radius 1 is 1.11 bits per heavy atom. The Labute approximate surface area is 161 Å². The van der Waals surface area contributed by atoms with Crippen LogP contribution in [0, 0.1) is 5.92 Å². The lowest BCUT2D eigenvalue weighted by molar-refractivity contribution is -0.199. The third-order valence-corrected chi connectivity index (χ3v) is 4.82. The molecule has 1 aromatic carbocycles. The minimum absolute atomic E-state index is 0.180.